The molecule has 0 saturated carbocycles. The van der Waals surface area contributed by atoms with Crippen molar-refractivity contribution in [1.29, 1.82) is 0 Å². The van der Waals surface area contributed by atoms with Crippen LogP contribution >= 0.6 is 11.6 Å². The molecule has 1 aromatic heterocycles. The van der Waals surface area contributed by atoms with Crippen molar-refractivity contribution in [3.8, 4) is 5.75 Å². The fourth-order valence-electron chi connectivity index (χ4n) is 3.47. The van der Waals surface area contributed by atoms with Crippen LogP contribution in [-0.4, -0.2) is 48.1 Å². The Morgan fingerprint density at radius 2 is 1.89 bits per heavy atom. The molecule has 4 rings (SSSR count). The Labute approximate surface area is 164 Å². The van der Waals surface area contributed by atoms with Crippen molar-refractivity contribution in [2.24, 2.45) is 0 Å². The third-order valence-electron chi connectivity index (χ3n) is 4.91. The van der Waals surface area contributed by atoms with Gasteiger partial charge in [-0.3, -0.25) is 4.79 Å². The zero-order valence-corrected chi connectivity index (χ0v) is 15.5. The van der Waals surface area contributed by atoms with Crippen molar-refractivity contribution in [2.75, 3.05) is 31.1 Å². The third-order valence-corrected chi connectivity index (χ3v) is 5.15. The van der Waals surface area contributed by atoms with E-state index in [1.54, 1.807) is 34.1 Å². The lowest BCUT2D eigenvalue weighted by Gasteiger charge is -2.36. The number of halogens is 4. The number of benzene rings is 1. The minimum Gasteiger partial charge on any atom is -0.480 e. The van der Waals surface area contributed by atoms with E-state index in [1.165, 1.54) is 6.07 Å². The van der Waals surface area contributed by atoms with Gasteiger partial charge in [-0.05, 0) is 35.9 Å². The Hall–Kier alpha value is -2.48. The molecule has 148 valence electrons. The van der Waals surface area contributed by atoms with Crippen molar-refractivity contribution < 1.29 is 22.7 Å². The maximum Gasteiger partial charge on any atom is 0.433 e. The number of hydrogen-bond acceptors (Lipinski definition) is 4. The summed E-state index contributed by atoms with van der Waals surface area (Å²) in [5.74, 6) is 0.805. The zero-order valence-electron chi connectivity index (χ0n) is 14.7. The number of nitrogens with zero attached hydrogens (tertiary/aromatic N) is 3. The molecule has 0 aliphatic carbocycles. The summed E-state index contributed by atoms with van der Waals surface area (Å²) in [5, 5.41) is 0.595. The van der Waals surface area contributed by atoms with Crippen LogP contribution in [0.3, 0.4) is 0 Å². The quantitative estimate of drug-likeness (QED) is 0.760. The first-order chi connectivity index (χ1) is 13.3. The van der Waals surface area contributed by atoms with Crippen LogP contribution < -0.4 is 9.64 Å². The maximum atomic E-state index is 12.9. The molecule has 28 heavy (non-hydrogen) atoms. The van der Waals surface area contributed by atoms with Gasteiger partial charge in [0.1, 0.15) is 17.3 Å². The second kappa shape index (κ2) is 7.16. The molecule has 9 heteroatoms. The summed E-state index contributed by atoms with van der Waals surface area (Å²) >= 11 is 5.98. The predicted octanol–water partition coefficient (Wildman–Crippen LogP) is 3.41. The van der Waals surface area contributed by atoms with Gasteiger partial charge < -0.3 is 14.5 Å². The van der Waals surface area contributed by atoms with E-state index in [-0.39, 0.29) is 11.7 Å². The van der Waals surface area contributed by atoms with E-state index in [0.29, 0.717) is 43.4 Å². The molecule has 0 radical (unpaired) electrons. The van der Waals surface area contributed by atoms with Gasteiger partial charge in [-0.1, -0.05) is 17.7 Å². The minimum absolute atomic E-state index is 0.121. The standard InChI is InChI=1S/C19H17ClF3N3O2/c20-13-4-5-14-12(10-13)11-15(28-14)18(27)26-8-6-25(7-9-26)17-3-1-2-16(24-17)19(21,22)23/h1-5,10,15H,6-9,11H2. The number of anilines is 1. The molecule has 2 aliphatic heterocycles. The van der Waals surface area contributed by atoms with E-state index < -0.39 is 18.0 Å². The molecule has 1 unspecified atom stereocenters. The number of hydrogen-bond donors (Lipinski definition) is 0. The van der Waals surface area contributed by atoms with E-state index in [2.05, 4.69) is 4.98 Å². The molecule has 0 N–H and O–H groups in total. The first-order valence-corrected chi connectivity index (χ1v) is 9.22. The maximum absolute atomic E-state index is 12.9. The predicted molar refractivity (Wildman–Crippen MR) is 97.6 cm³/mol. The lowest BCUT2D eigenvalue weighted by molar-refractivity contribution is -0.141. The molecule has 5 nitrogen and oxygen atoms in total. The fourth-order valence-corrected chi connectivity index (χ4v) is 3.67. The first kappa shape index (κ1) is 18.9. The Bertz CT molecular complexity index is 898. The van der Waals surface area contributed by atoms with E-state index in [1.807, 2.05) is 0 Å². The molecule has 2 aliphatic rings. The Morgan fingerprint density at radius 3 is 2.61 bits per heavy atom. The first-order valence-electron chi connectivity index (χ1n) is 8.84. The highest BCUT2D eigenvalue weighted by atomic mass is 35.5. The summed E-state index contributed by atoms with van der Waals surface area (Å²) in [4.78, 5) is 19.9. The summed E-state index contributed by atoms with van der Waals surface area (Å²) in [5.41, 5.74) is -0.0167. The van der Waals surface area contributed by atoms with Gasteiger partial charge in [0.2, 0.25) is 0 Å². The monoisotopic (exact) mass is 411 g/mol. The minimum atomic E-state index is -4.48. The van der Waals surface area contributed by atoms with Gasteiger partial charge in [0.25, 0.3) is 5.91 Å². The topological polar surface area (TPSA) is 45.7 Å². The largest absolute Gasteiger partial charge is 0.480 e. The van der Waals surface area contributed by atoms with Crippen LogP contribution in [0.25, 0.3) is 0 Å². The molecule has 1 fully saturated rings. The molecule has 0 spiro atoms. The number of amides is 1. The van der Waals surface area contributed by atoms with Gasteiger partial charge in [-0.15, -0.1) is 0 Å². The van der Waals surface area contributed by atoms with Crippen LogP contribution in [0.5, 0.6) is 5.75 Å². The van der Waals surface area contributed by atoms with Gasteiger partial charge >= 0.3 is 6.18 Å². The van der Waals surface area contributed by atoms with Crippen molar-refractivity contribution >= 4 is 23.3 Å². The van der Waals surface area contributed by atoms with Gasteiger partial charge in [0, 0.05) is 37.6 Å². The molecule has 3 heterocycles. The smallest absolute Gasteiger partial charge is 0.433 e. The van der Waals surface area contributed by atoms with E-state index in [4.69, 9.17) is 16.3 Å². The van der Waals surface area contributed by atoms with Crippen LogP contribution in [0.4, 0.5) is 19.0 Å². The lowest BCUT2D eigenvalue weighted by Crippen LogP contribution is -2.52. The lowest BCUT2D eigenvalue weighted by atomic mass is 10.1. The molecule has 1 amide bonds. The van der Waals surface area contributed by atoms with Crippen molar-refractivity contribution in [1.82, 2.24) is 9.88 Å². The Morgan fingerprint density at radius 1 is 1.14 bits per heavy atom. The zero-order chi connectivity index (χ0) is 19.9. The average Bonchev–Trinajstić information content (AvgIpc) is 3.10. The molecule has 1 atom stereocenters. The van der Waals surface area contributed by atoms with E-state index in [0.717, 1.165) is 11.6 Å². The van der Waals surface area contributed by atoms with E-state index >= 15 is 0 Å². The number of carbonyl (C=O) groups excluding carboxylic acids is 1. The normalized spacial score (nSPS) is 19.4. The summed E-state index contributed by atoms with van der Waals surface area (Å²) in [6, 6.07) is 9.10. The van der Waals surface area contributed by atoms with Gasteiger partial charge in [-0.25, -0.2) is 4.98 Å². The SMILES string of the molecule is O=C(C1Cc2cc(Cl)ccc2O1)N1CCN(c2cccc(C(F)(F)F)n2)CC1. The highest BCUT2D eigenvalue weighted by Gasteiger charge is 2.35. The molecular weight excluding hydrogens is 395 g/mol. The van der Waals surface area contributed by atoms with Crippen LogP contribution in [-0.2, 0) is 17.4 Å². The van der Waals surface area contributed by atoms with Crippen molar-refractivity contribution in [3.05, 3.63) is 52.7 Å². The Balaban J connectivity index is 1.38. The molecular formula is C19H17ClF3N3O2. The fraction of sp³-hybridized carbons (Fsp3) is 0.368. The summed E-state index contributed by atoms with van der Waals surface area (Å²) in [7, 11) is 0. The summed E-state index contributed by atoms with van der Waals surface area (Å²) in [6.45, 7) is 1.61. The average molecular weight is 412 g/mol. The molecule has 2 aromatic rings. The van der Waals surface area contributed by atoms with Crippen LogP contribution in [0.2, 0.25) is 5.02 Å². The third kappa shape index (κ3) is 3.73. The highest BCUT2D eigenvalue weighted by molar-refractivity contribution is 6.30. The van der Waals surface area contributed by atoms with Gasteiger partial charge in [0.05, 0.1) is 0 Å². The second-order valence-electron chi connectivity index (χ2n) is 6.75. The number of carbonyl (C=O) groups is 1. The van der Waals surface area contributed by atoms with Gasteiger partial charge in [-0.2, -0.15) is 13.2 Å². The van der Waals surface area contributed by atoms with Crippen molar-refractivity contribution in [3.63, 3.8) is 0 Å². The van der Waals surface area contributed by atoms with Crippen LogP contribution in [0.15, 0.2) is 36.4 Å². The van der Waals surface area contributed by atoms with Crippen LogP contribution in [0.1, 0.15) is 11.3 Å². The Kier molecular flexibility index (Phi) is 4.82. The molecule has 1 aromatic carbocycles. The highest BCUT2D eigenvalue weighted by Crippen LogP contribution is 2.32. The summed E-state index contributed by atoms with van der Waals surface area (Å²) < 4.78 is 44.3. The number of aromatic nitrogens is 1. The number of alkyl halides is 3. The van der Waals surface area contributed by atoms with Crippen LogP contribution in [0, 0.1) is 0 Å². The van der Waals surface area contributed by atoms with Gasteiger partial charge in [0.15, 0.2) is 6.10 Å². The molecule has 0 bridgehead atoms. The molecule has 1 saturated heterocycles. The second-order valence-corrected chi connectivity index (χ2v) is 7.19. The number of fused-ring (bicyclic) bond motifs is 1. The number of pyridine rings is 1. The number of ether oxygens (including phenoxy) is 1. The summed E-state index contributed by atoms with van der Waals surface area (Å²) in [6.07, 6.45) is -4.61. The van der Waals surface area contributed by atoms with Crippen molar-refractivity contribution in [2.45, 2.75) is 18.7 Å². The number of piperazine rings is 1. The number of rotatable bonds is 2. The van der Waals surface area contributed by atoms with E-state index in [9.17, 15) is 18.0 Å².